The monoisotopic (exact) mass is 313 g/mol. The SMILES string of the molecule is COc1nc2c(=O)[nH]c(N)nc2n1[C@H]1O[C@@H](CO)[C@@H](O)[C@H]1O. The van der Waals surface area contributed by atoms with E-state index < -0.39 is 36.7 Å². The van der Waals surface area contributed by atoms with Crippen molar-refractivity contribution in [2.45, 2.75) is 24.5 Å². The Morgan fingerprint density at radius 2 is 2.14 bits per heavy atom. The van der Waals surface area contributed by atoms with Gasteiger partial charge in [-0.2, -0.15) is 9.97 Å². The van der Waals surface area contributed by atoms with Gasteiger partial charge in [0.25, 0.3) is 5.56 Å². The van der Waals surface area contributed by atoms with Gasteiger partial charge >= 0.3 is 6.01 Å². The number of imidazole rings is 1. The van der Waals surface area contributed by atoms with Crippen molar-refractivity contribution in [3.8, 4) is 6.01 Å². The van der Waals surface area contributed by atoms with Crippen LogP contribution in [0.25, 0.3) is 11.2 Å². The predicted molar refractivity (Wildman–Crippen MR) is 72.1 cm³/mol. The van der Waals surface area contributed by atoms with Gasteiger partial charge in [0.1, 0.15) is 18.3 Å². The molecule has 1 saturated heterocycles. The molecule has 0 spiro atoms. The van der Waals surface area contributed by atoms with Crippen LogP contribution in [0, 0.1) is 0 Å². The Morgan fingerprint density at radius 3 is 2.73 bits per heavy atom. The van der Waals surface area contributed by atoms with E-state index >= 15 is 0 Å². The van der Waals surface area contributed by atoms with Crippen molar-refractivity contribution in [2.24, 2.45) is 0 Å². The maximum atomic E-state index is 11.9. The molecule has 1 aliphatic rings. The molecule has 3 rings (SSSR count). The number of nitrogens with one attached hydrogen (secondary N) is 1. The quantitative estimate of drug-likeness (QED) is 0.405. The van der Waals surface area contributed by atoms with E-state index in [2.05, 4.69) is 15.0 Å². The average Bonchev–Trinajstić information content (AvgIpc) is 2.98. The van der Waals surface area contributed by atoms with Crippen LogP contribution in [0.15, 0.2) is 4.79 Å². The Balaban J connectivity index is 2.20. The minimum absolute atomic E-state index is 0.0351. The number of aliphatic hydroxyl groups is 3. The highest BCUT2D eigenvalue weighted by atomic mass is 16.6. The van der Waals surface area contributed by atoms with Crippen LogP contribution < -0.4 is 16.0 Å². The summed E-state index contributed by atoms with van der Waals surface area (Å²) >= 11 is 0. The maximum absolute atomic E-state index is 11.9. The fourth-order valence-corrected chi connectivity index (χ4v) is 2.45. The molecule has 3 heterocycles. The largest absolute Gasteiger partial charge is 0.468 e. The van der Waals surface area contributed by atoms with E-state index in [1.165, 1.54) is 11.7 Å². The van der Waals surface area contributed by atoms with Gasteiger partial charge in [-0.05, 0) is 0 Å². The van der Waals surface area contributed by atoms with Crippen LogP contribution in [-0.2, 0) is 4.74 Å². The Kier molecular flexibility index (Phi) is 3.48. The number of nitrogen functional groups attached to an aromatic ring is 1. The molecule has 22 heavy (non-hydrogen) atoms. The number of hydrogen-bond donors (Lipinski definition) is 5. The van der Waals surface area contributed by atoms with Gasteiger partial charge in [-0.3, -0.25) is 9.78 Å². The summed E-state index contributed by atoms with van der Waals surface area (Å²) in [5.74, 6) is -0.145. The minimum Gasteiger partial charge on any atom is -0.468 e. The number of rotatable bonds is 3. The van der Waals surface area contributed by atoms with Gasteiger partial charge in [0.05, 0.1) is 13.7 Å². The van der Waals surface area contributed by atoms with Crippen LogP contribution in [-0.4, -0.2) is 66.9 Å². The van der Waals surface area contributed by atoms with Gasteiger partial charge in [-0.1, -0.05) is 0 Å². The Labute approximate surface area is 122 Å². The zero-order chi connectivity index (χ0) is 16.0. The number of aromatic amines is 1. The predicted octanol–water partition coefficient (Wildman–Crippen LogP) is -2.68. The molecule has 0 aromatic carbocycles. The number of nitrogens with zero attached hydrogens (tertiary/aromatic N) is 3. The summed E-state index contributed by atoms with van der Waals surface area (Å²) in [7, 11) is 1.32. The van der Waals surface area contributed by atoms with Crippen LogP contribution >= 0.6 is 0 Å². The number of ether oxygens (including phenoxy) is 2. The Morgan fingerprint density at radius 1 is 1.41 bits per heavy atom. The second-order valence-corrected chi connectivity index (χ2v) is 4.82. The summed E-state index contributed by atoms with van der Waals surface area (Å²) in [5, 5.41) is 29.1. The molecule has 0 unspecified atom stereocenters. The molecular weight excluding hydrogens is 298 g/mol. The van der Waals surface area contributed by atoms with Crippen molar-refractivity contribution in [3.63, 3.8) is 0 Å². The summed E-state index contributed by atoms with van der Waals surface area (Å²) in [4.78, 5) is 22.1. The topological polar surface area (TPSA) is 169 Å². The van der Waals surface area contributed by atoms with Crippen molar-refractivity contribution in [2.75, 3.05) is 19.5 Å². The van der Waals surface area contributed by atoms with E-state index in [0.717, 1.165) is 0 Å². The van der Waals surface area contributed by atoms with Gasteiger partial charge in [0.15, 0.2) is 17.4 Å². The molecule has 0 bridgehead atoms. The normalized spacial score (nSPS) is 28.4. The van der Waals surface area contributed by atoms with Gasteiger partial charge in [0, 0.05) is 0 Å². The molecule has 120 valence electrons. The van der Waals surface area contributed by atoms with Crippen LogP contribution in [0.3, 0.4) is 0 Å². The maximum Gasteiger partial charge on any atom is 0.300 e. The van der Waals surface area contributed by atoms with E-state index in [1.807, 2.05) is 0 Å². The third-order valence-electron chi connectivity index (χ3n) is 3.49. The van der Waals surface area contributed by atoms with Crippen LogP contribution in [0.5, 0.6) is 6.01 Å². The number of H-pyrrole nitrogens is 1. The lowest BCUT2D eigenvalue weighted by atomic mass is 10.1. The third-order valence-corrected chi connectivity index (χ3v) is 3.49. The molecule has 6 N–H and O–H groups in total. The number of anilines is 1. The molecule has 0 aliphatic carbocycles. The molecule has 11 nitrogen and oxygen atoms in total. The number of hydrogen-bond acceptors (Lipinski definition) is 9. The molecule has 0 amide bonds. The average molecular weight is 313 g/mol. The van der Waals surface area contributed by atoms with Crippen molar-refractivity contribution < 1.29 is 24.8 Å². The first-order valence-electron chi connectivity index (χ1n) is 6.42. The van der Waals surface area contributed by atoms with Crippen LogP contribution in [0.4, 0.5) is 5.95 Å². The molecule has 0 radical (unpaired) electrons. The number of methoxy groups -OCH3 is 1. The van der Waals surface area contributed by atoms with Crippen molar-refractivity contribution in [1.82, 2.24) is 19.5 Å². The number of aromatic nitrogens is 4. The summed E-state index contributed by atoms with van der Waals surface area (Å²) in [6.45, 7) is -0.486. The fraction of sp³-hybridized carbons (Fsp3) is 0.545. The Bertz CT molecular complexity index is 757. The van der Waals surface area contributed by atoms with Gasteiger partial charge in [0.2, 0.25) is 5.95 Å². The molecular formula is C11H15N5O6. The number of aliphatic hydroxyl groups excluding tert-OH is 3. The zero-order valence-electron chi connectivity index (χ0n) is 11.5. The molecule has 2 aromatic rings. The second kappa shape index (κ2) is 5.21. The van der Waals surface area contributed by atoms with Crippen molar-refractivity contribution >= 4 is 17.1 Å². The van der Waals surface area contributed by atoms with Crippen LogP contribution in [0.2, 0.25) is 0 Å². The van der Waals surface area contributed by atoms with Crippen molar-refractivity contribution in [1.29, 1.82) is 0 Å². The van der Waals surface area contributed by atoms with Crippen LogP contribution in [0.1, 0.15) is 6.23 Å². The summed E-state index contributed by atoms with van der Waals surface area (Å²) in [5.41, 5.74) is 4.92. The molecule has 1 fully saturated rings. The minimum atomic E-state index is -1.37. The summed E-state index contributed by atoms with van der Waals surface area (Å²) in [6, 6.07) is -0.0477. The third kappa shape index (κ3) is 2.02. The lowest BCUT2D eigenvalue weighted by Gasteiger charge is -2.18. The first kappa shape index (κ1) is 14.7. The number of fused-ring (bicyclic) bond motifs is 1. The van der Waals surface area contributed by atoms with Gasteiger partial charge in [-0.25, -0.2) is 4.57 Å². The van der Waals surface area contributed by atoms with Crippen molar-refractivity contribution in [3.05, 3.63) is 10.4 Å². The highest BCUT2D eigenvalue weighted by Gasteiger charge is 2.45. The number of nitrogens with two attached hydrogens (primary N) is 1. The van der Waals surface area contributed by atoms with E-state index in [1.54, 1.807) is 0 Å². The molecule has 2 aromatic heterocycles. The fourth-order valence-electron chi connectivity index (χ4n) is 2.45. The standard InChI is InChI=1S/C11H15N5O6/c1-21-11-13-4-7(14-10(12)15-8(4)20)16(11)9-6(19)5(18)3(2-17)22-9/h3,5-6,9,17-19H,2H2,1H3,(H3,12,14,15,20)/t3-,5+,6+,9-/m0/s1. The van der Waals surface area contributed by atoms with Gasteiger partial charge < -0.3 is 30.5 Å². The summed E-state index contributed by atoms with van der Waals surface area (Å²) < 4.78 is 11.7. The lowest BCUT2D eigenvalue weighted by Crippen LogP contribution is -2.33. The molecule has 1 aliphatic heterocycles. The smallest absolute Gasteiger partial charge is 0.300 e. The first-order chi connectivity index (χ1) is 10.5. The van der Waals surface area contributed by atoms with E-state index in [9.17, 15) is 15.0 Å². The molecule has 4 atom stereocenters. The molecule has 0 saturated carbocycles. The van der Waals surface area contributed by atoms with E-state index in [-0.39, 0.29) is 23.1 Å². The lowest BCUT2D eigenvalue weighted by molar-refractivity contribution is -0.0537. The highest BCUT2D eigenvalue weighted by Crippen LogP contribution is 2.34. The summed E-state index contributed by atoms with van der Waals surface area (Å²) in [6.07, 6.45) is -4.80. The zero-order valence-corrected chi connectivity index (χ0v) is 11.5. The second-order valence-electron chi connectivity index (χ2n) is 4.82. The van der Waals surface area contributed by atoms with E-state index in [0.29, 0.717) is 0 Å². The van der Waals surface area contributed by atoms with Gasteiger partial charge in [-0.15, -0.1) is 0 Å². The highest BCUT2D eigenvalue weighted by molar-refractivity contribution is 5.72. The first-order valence-corrected chi connectivity index (χ1v) is 6.42. The molecule has 11 heteroatoms. The Hall–Kier alpha value is -2.21. The van der Waals surface area contributed by atoms with E-state index in [4.69, 9.17) is 20.3 Å².